The number of hydrogen-bond acceptors (Lipinski definition) is 2. The van der Waals surface area contributed by atoms with Crippen molar-refractivity contribution in [3.05, 3.63) is 0 Å². The van der Waals surface area contributed by atoms with Crippen LogP contribution in [-0.4, -0.2) is 23.6 Å². The molecule has 0 radical (unpaired) electrons. The molecular weight excluding hydrogens is 142 g/mol. The van der Waals surface area contributed by atoms with E-state index in [1.807, 2.05) is 11.8 Å². The van der Waals surface area contributed by atoms with Crippen LogP contribution >= 0.6 is 11.8 Å². The molecule has 1 N–H and O–H groups in total. The smallest absolute Gasteiger partial charge is 0.0129 e. The van der Waals surface area contributed by atoms with Crippen molar-refractivity contribution in [2.24, 2.45) is 0 Å². The topological polar surface area (TPSA) is 12.0 Å². The lowest BCUT2D eigenvalue weighted by Gasteiger charge is -2.12. The summed E-state index contributed by atoms with van der Waals surface area (Å²) in [4.78, 5) is 0. The fourth-order valence-electron chi connectivity index (χ4n) is 0.744. The van der Waals surface area contributed by atoms with E-state index in [0.29, 0.717) is 6.04 Å². The third-order valence-corrected chi connectivity index (χ3v) is 2.59. The Kier molecular flexibility index (Phi) is 6.24. The average Bonchev–Trinajstić information content (AvgIpc) is 1.85. The second kappa shape index (κ2) is 6.05. The zero-order chi connectivity index (χ0) is 7.98. The standard InChI is InChI=1S/C8H19NS/c1-5-9-8(4)6-10-7(2)3/h7-9H,5-6H2,1-4H3. The summed E-state index contributed by atoms with van der Waals surface area (Å²) in [5, 5.41) is 4.14. The molecule has 0 fully saturated rings. The normalized spacial score (nSPS) is 14.1. The summed E-state index contributed by atoms with van der Waals surface area (Å²) in [7, 11) is 0. The summed E-state index contributed by atoms with van der Waals surface area (Å²) < 4.78 is 0. The molecule has 0 amide bonds. The van der Waals surface area contributed by atoms with Gasteiger partial charge in [0.2, 0.25) is 0 Å². The van der Waals surface area contributed by atoms with Crippen molar-refractivity contribution in [1.82, 2.24) is 5.32 Å². The van der Waals surface area contributed by atoms with Crippen molar-refractivity contribution >= 4 is 11.8 Å². The average molecular weight is 161 g/mol. The van der Waals surface area contributed by atoms with Crippen molar-refractivity contribution in [3.63, 3.8) is 0 Å². The number of hydrogen-bond donors (Lipinski definition) is 1. The van der Waals surface area contributed by atoms with Crippen molar-refractivity contribution in [3.8, 4) is 0 Å². The molecule has 0 aliphatic carbocycles. The predicted molar refractivity (Wildman–Crippen MR) is 50.7 cm³/mol. The van der Waals surface area contributed by atoms with Gasteiger partial charge in [-0.25, -0.2) is 0 Å². The Hall–Kier alpha value is 0.310. The van der Waals surface area contributed by atoms with Gasteiger partial charge in [-0.15, -0.1) is 0 Å². The van der Waals surface area contributed by atoms with Crippen LogP contribution in [0.2, 0.25) is 0 Å². The van der Waals surface area contributed by atoms with E-state index in [9.17, 15) is 0 Å². The zero-order valence-electron chi connectivity index (χ0n) is 7.48. The molecule has 0 spiro atoms. The molecule has 0 aromatic heterocycles. The van der Waals surface area contributed by atoms with Gasteiger partial charge in [-0.2, -0.15) is 11.8 Å². The van der Waals surface area contributed by atoms with Gasteiger partial charge < -0.3 is 5.32 Å². The number of rotatable bonds is 5. The highest BCUT2D eigenvalue weighted by Gasteiger charge is 2.00. The molecule has 1 unspecified atom stereocenters. The highest BCUT2D eigenvalue weighted by atomic mass is 32.2. The van der Waals surface area contributed by atoms with Crippen LogP contribution in [0.3, 0.4) is 0 Å². The molecule has 0 heterocycles. The van der Waals surface area contributed by atoms with Crippen LogP contribution in [0.25, 0.3) is 0 Å². The Morgan fingerprint density at radius 3 is 2.30 bits per heavy atom. The Morgan fingerprint density at radius 1 is 1.30 bits per heavy atom. The van der Waals surface area contributed by atoms with Crippen LogP contribution in [0.15, 0.2) is 0 Å². The van der Waals surface area contributed by atoms with Crippen LogP contribution in [0.5, 0.6) is 0 Å². The van der Waals surface area contributed by atoms with E-state index < -0.39 is 0 Å². The lowest BCUT2D eigenvalue weighted by molar-refractivity contribution is 0.619. The van der Waals surface area contributed by atoms with Gasteiger partial charge in [0.15, 0.2) is 0 Å². The van der Waals surface area contributed by atoms with Crippen LogP contribution in [0.4, 0.5) is 0 Å². The summed E-state index contributed by atoms with van der Waals surface area (Å²) in [6.07, 6.45) is 0. The SMILES string of the molecule is CCNC(C)CSC(C)C. The molecule has 0 aromatic rings. The highest BCUT2D eigenvalue weighted by Crippen LogP contribution is 2.09. The molecular formula is C8H19NS. The third-order valence-electron chi connectivity index (χ3n) is 1.23. The van der Waals surface area contributed by atoms with Gasteiger partial charge in [0.1, 0.15) is 0 Å². The van der Waals surface area contributed by atoms with Crippen LogP contribution in [0, 0.1) is 0 Å². The maximum Gasteiger partial charge on any atom is 0.0129 e. The monoisotopic (exact) mass is 161 g/mol. The third kappa shape index (κ3) is 6.43. The first kappa shape index (κ1) is 10.3. The Morgan fingerprint density at radius 2 is 1.90 bits per heavy atom. The first-order valence-electron chi connectivity index (χ1n) is 4.01. The summed E-state index contributed by atoms with van der Waals surface area (Å²) >= 11 is 2.02. The maximum absolute atomic E-state index is 3.38. The summed E-state index contributed by atoms with van der Waals surface area (Å²) in [5.41, 5.74) is 0. The second-order valence-corrected chi connectivity index (χ2v) is 4.45. The van der Waals surface area contributed by atoms with Gasteiger partial charge in [0.25, 0.3) is 0 Å². The van der Waals surface area contributed by atoms with Gasteiger partial charge in [-0.1, -0.05) is 20.8 Å². The Bertz CT molecular complexity index is 73.7. The minimum atomic E-state index is 0.664. The van der Waals surface area contributed by atoms with Crippen LogP contribution < -0.4 is 5.32 Å². The van der Waals surface area contributed by atoms with Gasteiger partial charge in [0.05, 0.1) is 0 Å². The first-order valence-corrected chi connectivity index (χ1v) is 5.06. The molecule has 0 saturated heterocycles. The summed E-state index contributed by atoms with van der Waals surface area (Å²) in [6.45, 7) is 9.95. The van der Waals surface area contributed by atoms with E-state index in [1.165, 1.54) is 5.75 Å². The Balaban J connectivity index is 3.12. The van der Waals surface area contributed by atoms with Gasteiger partial charge >= 0.3 is 0 Å². The lowest BCUT2D eigenvalue weighted by atomic mass is 10.4. The van der Waals surface area contributed by atoms with Gasteiger partial charge in [-0.05, 0) is 18.7 Å². The van der Waals surface area contributed by atoms with E-state index in [2.05, 4.69) is 33.0 Å². The number of nitrogens with one attached hydrogen (secondary N) is 1. The van der Waals surface area contributed by atoms with Crippen LogP contribution in [0.1, 0.15) is 27.7 Å². The van der Waals surface area contributed by atoms with Crippen molar-refractivity contribution < 1.29 is 0 Å². The van der Waals surface area contributed by atoms with E-state index in [4.69, 9.17) is 0 Å². The summed E-state index contributed by atoms with van der Waals surface area (Å²) in [6, 6.07) is 0.664. The van der Waals surface area contributed by atoms with E-state index in [-0.39, 0.29) is 0 Å². The van der Waals surface area contributed by atoms with Crippen LogP contribution in [-0.2, 0) is 0 Å². The molecule has 62 valence electrons. The molecule has 0 bridgehead atoms. The second-order valence-electron chi connectivity index (χ2n) is 2.84. The molecule has 1 nitrogen and oxygen atoms in total. The van der Waals surface area contributed by atoms with Gasteiger partial charge in [0, 0.05) is 11.8 Å². The van der Waals surface area contributed by atoms with Crippen molar-refractivity contribution in [2.75, 3.05) is 12.3 Å². The molecule has 10 heavy (non-hydrogen) atoms. The predicted octanol–water partition coefficient (Wildman–Crippen LogP) is 2.13. The minimum absolute atomic E-state index is 0.664. The Labute approximate surface area is 69.0 Å². The molecule has 2 heteroatoms. The quantitative estimate of drug-likeness (QED) is 0.663. The first-order chi connectivity index (χ1) is 4.66. The minimum Gasteiger partial charge on any atom is -0.314 e. The molecule has 0 saturated carbocycles. The largest absolute Gasteiger partial charge is 0.314 e. The fourth-order valence-corrected chi connectivity index (χ4v) is 1.54. The maximum atomic E-state index is 3.38. The number of thioether (sulfide) groups is 1. The van der Waals surface area contributed by atoms with E-state index in [1.54, 1.807) is 0 Å². The zero-order valence-corrected chi connectivity index (χ0v) is 8.29. The lowest BCUT2D eigenvalue weighted by Crippen LogP contribution is -2.28. The van der Waals surface area contributed by atoms with Gasteiger partial charge in [-0.3, -0.25) is 0 Å². The highest BCUT2D eigenvalue weighted by molar-refractivity contribution is 7.99. The van der Waals surface area contributed by atoms with E-state index in [0.717, 1.165) is 11.8 Å². The molecule has 1 atom stereocenters. The fraction of sp³-hybridized carbons (Fsp3) is 1.00. The molecule has 0 aliphatic rings. The summed E-state index contributed by atoms with van der Waals surface area (Å²) in [5.74, 6) is 1.23. The molecule has 0 aromatic carbocycles. The van der Waals surface area contributed by atoms with Crippen molar-refractivity contribution in [2.45, 2.75) is 39.0 Å². The molecule has 0 rings (SSSR count). The van der Waals surface area contributed by atoms with E-state index >= 15 is 0 Å². The molecule has 0 aliphatic heterocycles. The van der Waals surface area contributed by atoms with Crippen molar-refractivity contribution in [1.29, 1.82) is 0 Å².